The van der Waals surface area contributed by atoms with Crippen molar-refractivity contribution in [3.05, 3.63) is 40.5 Å². The van der Waals surface area contributed by atoms with E-state index < -0.39 is 5.91 Å². The molecule has 0 bridgehead atoms. The van der Waals surface area contributed by atoms with Gasteiger partial charge in [0.25, 0.3) is 5.91 Å². The molecule has 1 unspecified atom stereocenters. The highest BCUT2D eigenvalue weighted by molar-refractivity contribution is 6.30. The summed E-state index contributed by atoms with van der Waals surface area (Å²) in [5, 5.41) is 10.3. The van der Waals surface area contributed by atoms with Crippen LogP contribution in [0, 0.1) is 0 Å². The standard InChI is InChI=1S/C12H13ClN4O2/c1-7(6-8-2-4-9(13)5-3-8)15-12(18)10-11(14)17-19-16-10/h2-5,7H,6H2,1H3,(H2,14,17)(H,15,18). The van der Waals surface area contributed by atoms with E-state index in [0.29, 0.717) is 11.4 Å². The van der Waals surface area contributed by atoms with Gasteiger partial charge in [-0.05, 0) is 41.4 Å². The van der Waals surface area contributed by atoms with Gasteiger partial charge in [-0.1, -0.05) is 23.7 Å². The first-order valence-electron chi connectivity index (χ1n) is 5.69. The number of anilines is 1. The van der Waals surface area contributed by atoms with E-state index in [1.807, 2.05) is 31.2 Å². The van der Waals surface area contributed by atoms with Crippen molar-refractivity contribution in [2.75, 3.05) is 5.73 Å². The molecular weight excluding hydrogens is 268 g/mol. The third-order valence-corrected chi connectivity index (χ3v) is 2.81. The Kier molecular flexibility index (Phi) is 4.01. The minimum absolute atomic E-state index is 0.00274. The van der Waals surface area contributed by atoms with Crippen molar-refractivity contribution in [2.45, 2.75) is 19.4 Å². The van der Waals surface area contributed by atoms with Crippen LogP contribution in [0.15, 0.2) is 28.9 Å². The van der Waals surface area contributed by atoms with Crippen molar-refractivity contribution < 1.29 is 9.42 Å². The first kappa shape index (κ1) is 13.4. The molecule has 7 heteroatoms. The molecule has 1 aromatic carbocycles. The molecule has 100 valence electrons. The Balaban J connectivity index is 1.94. The topological polar surface area (TPSA) is 94.0 Å². The number of hydrogen-bond donors (Lipinski definition) is 2. The number of nitrogens with two attached hydrogens (primary N) is 1. The van der Waals surface area contributed by atoms with E-state index in [0.717, 1.165) is 5.56 Å². The van der Waals surface area contributed by atoms with Gasteiger partial charge in [0.2, 0.25) is 11.5 Å². The maximum Gasteiger partial charge on any atom is 0.277 e. The predicted molar refractivity (Wildman–Crippen MR) is 70.8 cm³/mol. The zero-order valence-corrected chi connectivity index (χ0v) is 11.0. The second-order valence-corrected chi connectivity index (χ2v) is 4.64. The smallest absolute Gasteiger partial charge is 0.277 e. The van der Waals surface area contributed by atoms with E-state index in [1.165, 1.54) is 0 Å². The Labute approximate surface area is 114 Å². The van der Waals surface area contributed by atoms with Crippen LogP contribution in [0.25, 0.3) is 0 Å². The Morgan fingerprint density at radius 2 is 2.11 bits per heavy atom. The number of halogens is 1. The molecule has 1 aromatic heterocycles. The summed E-state index contributed by atoms with van der Waals surface area (Å²) in [4.78, 5) is 11.8. The van der Waals surface area contributed by atoms with Gasteiger partial charge in [0.05, 0.1) is 0 Å². The number of nitrogen functional groups attached to an aromatic ring is 1. The normalized spacial score (nSPS) is 12.1. The second kappa shape index (κ2) is 5.71. The summed E-state index contributed by atoms with van der Waals surface area (Å²) in [6.45, 7) is 1.89. The fourth-order valence-corrected chi connectivity index (χ4v) is 1.80. The van der Waals surface area contributed by atoms with E-state index in [-0.39, 0.29) is 17.6 Å². The quantitative estimate of drug-likeness (QED) is 0.888. The second-order valence-electron chi connectivity index (χ2n) is 4.20. The average Bonchev–Trinajstić information content (AvgIpc) is 2.78. The Morgan fingerprint density at radius 1 is 1.42 bits per heavy atom. The van der Waals surface area contributed by atoms with Crippen LogP contribution in [0.4, 0.5) is 5.82 Å². The van der Waals surface area contributed by atoms with E-state index in [1.54, 1.807) is 0 Å². The van der Waals surface area contributed by atoms with Gasteiger partial charge >= 0.3 is 0 Å². The van der Waals surface area contributed by atoms with Crippen molar-refractivity contribution in [3.63, 3.8) is 0 Å². The summed E-state index contributed by atoms with van der Waals surface area (Å²) in [7, 11) is 0. The lowest BCUT2D eigenvalue weighted by atomic mass is 10.1. The molecule has 0 aliphatic rings. The van der Waals surface area contributed by atoms with Gasteiger partial charge in [-0.25, -0.2) is 4.63 Å². The van der Waals surface area contributed by atoms with Crippen molar-refractivity contribution in [1.82, 2.24) is 15.6 Å². The Morgan fingerprint density at radius 3 is 2.68 bits per heavy atom. The van der Waals surface area contributed by atoms with Crippen molar-refractivity contribution >= 4 is 23.3 Å². The van der Waals surface area contributed by atoms with Crippen molar-refractivity contribution in [1.29, 1.82) is 0 Å². The molecule has 0 aliphatic heterocycles. The minimum Gasteiger partial charge on any atom is -0.379 e. The Bertz CT molecular complexity index is 567. The highest BCUT2D eigenvalue weighted by Gasteiger charge is 2.17. The number of benzene rings is 1. The molecule has 0 saturated heterocycles. The molecule has 0 spiro atoms. The molecule has 1 heterocycles. The van der Waals surface area contributed by atoms with Crippen LogP contribution in [0.3, 0.4) is 0 Å². The van der Waals surface area contributed by atoms with Crippen LogP contribution in [-0.2, 0) is 6.42 Å². The van der Waals surface area contributed by atoms with Gasteiger partial charge in [0, 0.05) is 11.1 Å². The third kappa shape index (κ3) is 3.45. The van der Waals surface area contributed by atoms with Gasteiger partial charge in [0.1, 0.15) is 0 Å². The third-order valence-electron chi connectivity index (χ3n) is 2.56. The minimum atomic E-state index is -0.403. The van der Waals surface area contributed by atoms with Crippen LogP contribution in [0.5, 0.6) is 0 Å². The summed E-state index contributed by atoms with van der Waals surface area (Å²) < 4.78 is 4.38. The molecule has 6 nitrogen and oxygen atoms in total. The number of nitrogens with zero attached hydrogens (tertiary/aromatic N) is 2. The molecule has 0 aliphatic carbocycles. The fraction of sp³-hybridized carbons (Fsp3) is 0.250. The molecule has 2 rings (SSSR count). The summed E-state index contributed by atoms with van der Waals surface area (Å²) >= 11 is 5.81. The summed E-state index contributed by atoms with van der Waals surface area (Å²) in [6, 6.07) is 7.37. The lowest BCUT2D eigenvalue weighted by Crippen LogP contribution is -2.34. The predicted octanol–water partition coefficient (Wildman–Crippen LogP) is 1.67. The maximum atomic E-state index is 11.8. The lowest BCUT2D eigenvalue weighted by molar-refractivity contribution is 0.0931. The van der Waals surface area contributed by atoms with Crippen molar-refractivity contribution in [3.8, 4) is 0 Å². The molecule has 1 atom stereocenters. The molecular formula is C12H13ClN4O2. The number of hydrogen-bond acceptors (Lipinski definition) is 5. The summed E-state index contributed by atoms with van der Waals surface area (Å²) in [5.74, 6) is -0.420. The number of nitrogens with one attached hydrogen (secondary N) is 1. The van der Waals surface area contributed by atoms with Crippen LogP contribution >= 0.6 is 11.6 Å². The molecule has 0 radical (unpaired) electrons. The number of rotatable bonds is 4. The summed E-state index contributed by atoms with van der Waals surface area (Å²) in [6.07, 6.45) is 0.675. The molecule has 19 heavy (non-hydrogen) atoms. The number of amides is 1. The molecule has 2 aromatic rings. The van der Waals surface area contributed by atoms with Crippen LogP contribution in [-0.4, -0.2) is 22.3 Å². The van der Waals surface area contributed by atoms with Crippen molar-refractivity contribution in [2.24, 2.45) is 0 Å². The fourth-order valence-electron chi connectivity index (χ4n) is 1.67. The maximum absolute atomic E-state index is 11.8. The van der Waals surface area contributed by atoms with E-state index in [2.05, 4.69) is 20.3 Å². The summed E-state index contributed by atoms with van der Waals surface area (Å²) in [5.41, 5.74) is 6.52. The average molecular weight is 281 g/mol. The van der Waals surface area contributed by atoms with Gasteiger partial charge in [0.15, 0.2) is 0 Å². The van der Waals surface area contributed by atoms with Gasteiger partial charge in [-0.2, -0.15) is 0 Å². The van der Waals surface area contributed by atoms with E-state index in [4.69, 9.17) is 17.3 Å². The highest BCUT2D eigenvalue weighted by Crippen LogP contribution is 2.11. The van der Waals surface area contributed by atoms with E-state index in [9.17, 15) is 4.79 Å². The van der Waals surface area contributed by atoms with Crippen LogP contribution in [0.2, 0.25) is 5.02 Å². The zero-order valence-electron chi connectivity index (χ0n) is 10.3. The lowest BCUT2D eigenvalue weighted by Gasteiger charge is -2.12. The largest absolute Gasteiger partial charge is 0.379 e. The van der Waals surface area contributed by atoms with Crippen LogP contribution < -0.4 is 11.1 Å². The van der Waals surface area contributed by atoms with E-state index >= 15 is 0 Å². The molecule has 3 N–H and O–H groups in total. The number of aromatic nitrogens is 2. The zero-order chi connectivity index (χ0) is 13.8. The monoisotopic (exact) mass is 280 g/mol. The highest BCUT2D eigenvalue weighted by atomic mass is 35.5. The first-order chi connectivity index (χ1) is 9.06. The number of carbonyl (C=O) groups excluding carboxylic acids is 1. The SMILES string of the molecule is CC(Cc1ccc(Cl)cc1)NC(=O)c1nonc1N. The van der Waals surface area contributed by atoms with Gasteiger partial charge in [-0.3, -0.25) is 4.79 Å². The van der Waals surface area contributed by atoms with Gasteiger partial charge in [-0.15, -0.1) is 0 Å². The molecule has 0 fully saturated rings. The first-order valence-corrected chi connectivity index (χ1v) is 6.07. The number of carbonyl (C=O) groups is 1. The van der Waals surface area contributed by atoms with Gasteiger partial charge < -0.3 is 11.1 Å². The van der Waals surface area contributed by atoms with Crippen LogP contribution in [0.1, 0.15) is 23.0 Å². The molecule has 1 amide bonds. The Hall–Kier alpha value is -2.08. The molecule has 0 saturated carbocycles.